The Morgan fingerprint density at radius 1 is 1.70 bits per heavy atom. The summed E-state index contributed by atoms with van der Waals surface area (Å²) in [5.41, 5.74) is 0. The second kappa shape index (κ2) is 4.41. The molecule has 0 saturated carbocycles. The molecule has 56 valence electrons. The van der Waals surface area contributed by atoms with E-state index < -0.39 is 0 Å². The molecular formula is C7H10O2S. The Morgan fingerprint density at radius 3 is 3.20 bits per heavy atom. The van der Waals surface area contributed by atoms with Crippen LogP contribution in [0.15, 0.2) is 22.8 Å². The topological polar surface area (TPSA) is 22.4 Å². The number of ether oxygens (including phenoxy) is 1. The molecule has 1 aromatic rings. The van der Waals surface area contributed by atoms with Crippen LogP contribution in [0, 0.1) is 0 Å². The lowest BCUT2D eigenvalue weighted by atomic mass is 10.5. The van der Waals surface area contributed by atoms with Crippen LogP contribution in [0.25, 0.3) is 0 Å². The summed E-state index contributed by atoms with van der Waals surface area (Å²) in [6.45, 7) is 0.577. The first-order valence-electron chi connectivity index (χ1n) is 3.02. The molecule has 1 aromatic heterocycles. The van der Waals surface area contributed by atoms with Gasteiger partial charge in [-0.25, -0.2) is 0 Å². The van der Waals surface area contributed by atoms with Gasteiger partial charge in [-0.1, -0.05) is 0 Å². The fourth-order valence-corrected chi connectivity index (χ4v) is 0.870. The van der Waals surface area contributed by atoms with Gasteiger partial charge in [-0.3, -0.25) is 0 Å². The van der Waals surface area contributed by atoms with Crippen molar-refractivity contribution in [2.24, 2.45) is 0 Å². The highest BCUT2D eigenvalue weighted by Gasteiger charge is 1.92. The van der Waals surface area contributed by atoms with Gasteiger partial charge in [0.25, 0.3) is 0 Å². The van der Waals surface area contributed by atoms with Crippen LogP contribution in [-0.2, 0) is 11.3 Å². The van der Waals surface area contributed by atoms with Crippen molar-refractivity contribution in [2.75, 3.05) is 12.2 Å². The molecular weight excluding hydrogens is 148 g/mol. The minimum atomic E-state index is 0.577. The van der Waals surface area contributed by atoms with Gasteiger partial charge in [0.05, 0.1) is 12.2 Å². The zero-order valence-electron chi connectivity index (χ0n) is 5.87. The highest BCUT2D eigenvalue weighted by Crippen LogP contribution is 2.03. The van der Waals surface area contributed by atoms with Crippen molar-refractivity contribution >= 4 is 11.8 Å². The fourth-order valence-electron chi connectivity index (χ4n) is 0.620. The predicted octanol–water partition coefficient (Wildman–Crippen LogP) is 2.12. The predicted molar refractivity (Wildman–Crippen MR) is 41.9 cm³/mol. The first-order valence-corrected chi connectivity index (χ1v) is 4.42. The van der Waals surface area contributed by atoms with Gasteiger partial charge >= 0.3 is 0 Å². The van der Waals surface area contributed by atoms with Gasteiger partial charge in [-0.05, 0) is 18.4 Å². The summed E-state index contributed by atoms with van der Waals surface area (Å²) in [7, 11) is 0. The van der Waals surface area contributed by atoms with Crippen LogP contribution in [0.5, 0.6) is 0 Å². The van der Waals surface area contributed by atoms with Crippen molar-refractivity contribution in [3.63, 3.8) is 0 Å². The van der Waals surface area contributed by atoms with Crippen LogP contribution in [-0.4, -0.2) is 12.2 Å². The van der Waals surface area contributed by atoms with Crippen molar-refractivity contribution in [3.8, 4) is 0 Å². The van der Waals surface area contributed by atoms with Gasteiger partial charge in [0.1, 0.15) is 12.4 Å². The van der Waals surface area contributed by atoms with Crippen molar-refractivity contribution in [1.82, 2.24) is 0 Å². The average molecular weight is 158 g/mol. The van der Waals surface area contributed by atoms with E-state index in [0.717, 1.165) is 11.7 Å². The number of hydrogen-bond acceptors (Lipinski definition) is 3. The van der Waals surface area contributed by atoms with E-state index in [0.29, 0.717) is 6.61 Å². The van der Waals surface area contributed by atoms with E-state index in [1.165, 1.54) is 0 Å². The second-order valence-electron chi connectivity index (χ2n) is 1.83. The third-order valence-corrected chi connectivity index (χ3v) is 1.43. The number of thioether (sulfide) groups is 1. The minimum absolute atomic E-state index is 0.577. The van der Waals surface area contributed by atoms with Gasteiger partial charge in [0.2, 0.25) is 0 Å². The first-order chi connectivity index (χ1) is 4.93. The normalized spacial score (nSPS) is 10.1. The highest BCUT2D eigenvalue weighted by atomic mass is 32.2. The standard InChI is InChI=1S/C7H10O2S/c1-10-6-8-5-7-3-2-4-9-7/h2-4H,5-6H2,1H3. The number of hydrogen-bond donors (Lipinski definition) is 0. The van der Waals surface area contributed by atoms with Crippen LogP contribution < -0.4 is 0 Å². The van der Waals surface area contributed by atoms with Gasteiger partial charge in [-0.15, -0.1) is 11.8 Å². The number of furan rings is 1. The van der Waals surface area contributed by atoms with Crippen molar-refractivity contribution in [2.45, 2.75) is 6.61 Å². The summed E-state index contributed by atoms with van der Waals surface area (Å²) in [6.07, 6.45) is 3.65. The first kappa shape index (κ1) is 7.69. The molecule has 3 heteroatoms. The summed E-state index contributed by atoms with van der Waals surface area (Å²) in [6, 6.07) is 3.76. The molecule has 0 aromatic carbocycles. The molecule has 0 bridgehead atoms. The van der Waals surface area contributed by atoms with Gasteiger partial charge in [-0.2, -0.15) is 0 Å². The molecule has 0 aliphatic carbocycles. The maximum Gasteiger partial charge on any atom is 0.129 e. The minimum Gasteiger partial charge on any atom is -0.467 e. The number of rotatable bonds is 4. The summed E-state index contributed by atoms with van der Waals surface area (Å²) < 4.78 is 10.2. The molecule has 0 aliphatic rings. The summed E-state index contributed by atoms with van der Waals surface area (Å²) in [4.78, 5) is 0. The molecule has 0 atom stereocenters. The second-order valence-corrected chi connectivity index (χ2v) is 2.65. The molecule has 0 radical (unpaired) electrons. The average Bonchev–Trinajstić information content (AvgIpc) is 2.41. The van der Waals surface area contributed by atoms with Crippen molar-refractivity contribution in [3.05, 3.63) is 24.2 Å². The maximum absolute atomic E-state index is 5.20. The van der Waals surface area contributed by atoms with E-state index in [1.807, 2.05) is 18.4 Å². The third kappa shape index (κ3) is 2.45. The molecule has 0 amide bonds. The van der Waals surface area contributed by atoms with E-state index in [4.69, 9.17) is 9.15 Å². The van der Waals surface area contributed by atoms with Crippen LogP contribution in [0.3, 0.4) is 0 Å². The summed E-state index contributed by atoms with van der Waals surface area (Å²) in [5.74, 6) is 1.61. The van der Waals surface area contributed by atoms with E-state index in [2.05, 4.69) is 0 Å². The van der Waals surface area contributed by atoms with E-state index in [9.17, 15) is 0 Å². The Bertz CT molecular complexity index is 160. The molecule has 0 unspecified atom stereocenters. The highest BCUT2D eigenvalue weighted by molar-refractivity contribution is 7.98. The molecule has 0 N–H and O–H groups in total. The monoisotopic (exact) mass is 158 g/mol. The zero-order chi connectivity index (χ0) is 7.23. The quantitative estimate of drug-likeness (QED) is 0.495. The largest absolute Gasteiger partial charge is 0.467 e. The Morgan fingerprint density at radius 2 is 2.60 bits per heavy atom. The summed E-state index contributed by atoms with van der Waals surface area (Å²) in [5, 5.41) is 0. The van der Waals surface area contributed by atoms with Crippen LogP contribution in [0.2, 0.25) is 0 Å². The smallest absolute Gasteiger partial charge is 0.129 e. The molecule has 0 saturated heterocycles. The Labute approximate surface area is 64.6 Å². The third-order valence-electron chi connectivity index (χ3n) is 1.03. The van der Waals surface area contributed by atoms with Crippen LogP contribution in [0.1, 0.15) is 5.76 Å². The van der Waals surface area contributed by atoms with E-state index >= 15 is 0 Å². The van der Waals surface area contributed by atoms with Gasteiger partial charge in [0, 0.05) is 0 Å². The van der Waals surface area contributed by atoms with Gasteiger partial charge in [0.15, 0.2) is 0 Å². The maximum atomic E-state index is 5.20. The van der Waals surface area contributed by atoms with Crippen molar-refractivity contribution in [1.29, 1.82) is 0 Å². The van der Waals surface area contributed by atoms with Crippen LogP contribution >= 0.6 is 11.8 Å². The zero-order valence-corrected chi connectivity index (χ0v) is 6.69. The van der Waals surface area contributed by atoms with Crippen LogP contribution in [0.4, 0.5) is 0 Å². The molecule has 10 heavy (non-hydrogen) atoms. The van der Waals surface area contributed by atoms with Crippen molar-refractivity contribution < 1.29 is 9.15 Å². The molecule has 0 aliphatic heterocycles. The summed E-state index contributed by atoms with van der Waals surface area (Å²) >= 11 is 1.66. The lowest BCUT2D eigenvalue weighted by Gasteiger charge is -1.96. The Balaban J connectivity index is 2.15. The van der Waals surface area contributed by atoms with E-state index in [1.54, 1.807) is 18.0 Å². The Hall–Kier alpha value is -0.410. The van der Waals surface area contributed by atoms with E-state index in [-0.39, 0.29) is 0 Å². The molecule has 1 rings (SSSR count). The SMILES string of the molecule is CSCOCc1ccco1. The Kier molecular flexibility index (Phi) is 3.40. The fraction of sp³-hybridized carbons (Fsp3) is 0.429. The van der Waals surface area contributed by atoms with Gasteiger partial charge < -0.3 is 9.15 Å². The lowest BCUT2D eigenvalue weighted by molar-refractivity contribution is 0.150. The molecule has 1 heterocycles. The molecule has 0 spiro atoms. The molecule has 0 fully saturated rings. The molecule has 2 nitrogen and oxygen atoms in total. The lowest BCUT2D eigenvalue weighted by Crippen LogP contribution is -1.88.